The molecule has 0 aromatic heterocycles. The third kappa shape index (κ3) is 25.5. The molecular weight excluding hydrogens is 1030 g/mol. The molecule has 1 radical (unpaired) electrons. The first kappa shape index (κ1) is 60.5. The topological polar surface area (TPSA) is 161 Å². The number of alkyl halides is 12. The average molecular weight is 1060 g/mol. The first-order valence-corrected chi connectivity index (χ1v) is 16.9. The zero-order chi connectivity index (χ0) is 48.6. The smallest absolute Gasteiger partial charge is 0.507 e. The summed E-state index contributed by atoms with van der Waals surface area (Å²) < 4.78 is 142. The number of benzene rings is 4. The number of carbonyl (C=O) groups is 4. The van der Waals surface area contributed by atoms with Gasteiger partial charge in [-0.1, -0.05) is 121 Å². The maximum atomic E-state index is 11.8. The number of allylic oxidation sites excluding steroid dienone is 4. The molecule has 0 bridgehead atoms. The van der Waals surface area contributed by atoms with E-state index >= 15 is 0 Å². The Kier molecular flexibility index (Phi) is 27.4. The minimum absolute atomic E-state index is 0. The van der Waals surface area contributed by atoms with E-state index < -0.39 is 70.9 Å². The van der Waals surface area contributed by atoms with E-state index in [-0.39, 0.29) is 97.4 Å². The summed E-state index contributed by atoms with van der Waals surface area (Å²) in [5.41, 5.74) is 0.649. The second-order valence-electron chi connectivity index (χ2n) is 11.5. The molecule has 347 valence electrons. The van der Waals surface area contributed by atoms with E-state index in [4.69, 9.17) is 0 Å². The fourth-order valence-corrected chi connectivity index (χ4v) is 3.59. The van der Waals surface area contributed by atoms with Crippen molar-refractivity contribution in [2.75, 3.05) is 14.1 Å². The van der Waals surface area contributed by atoms with E-state index in [2.05, 4.69) is 5.32 Å². The molecule has 4 aromatic carbocycles. The molecule has 0 heterocycles. The van der Waals surface area contributed by atoms with Crippen molar-refractivity contribution < 1.29 is 143 Å². The van der Waals surface area contributed by atoms with Crippen LogP contribution in [0.1, 0.15) is 23.7 Å². The second-order valence-corrected chi connectivity index (χ2v) is 11.5. The summed E-state index contributed by atoms with van der Waals surface area (Å²) in [5, 5.41) is 39.5. The minimum Gasteiger partial charge on any atom is -0.507 e. The number of nitrogens with one attached hydrogen (secondary N) is 1. The number of ketones is 4. The third-order valence-electron chi connectivity index (χ3n) is 6.47. The van der Waals surface area contributed by atoms with Crippen LogP contribution in [0.4, 0.5) is 52.7 Å². The van der Waals surface area contributed by atoms with Crippen molar-refractivity contribution in [1.82, 2.24) is 5.32 Å². The number of rotatable bonds is 8. The van der Waals surface area contributed by atoms with Crippen LogP contribution in [-0.4, -0.2) is 82.4 Å². The largest absolute Gasteiger partial charge is 1.00 e. The molecule has 5 N–H and O–H groups in total. The molecule has 0 saturated carbocycles. The molecule has 0 spiro atoms. The van der Waals surface area contributed by atoms with E-state index in [1.54, 1.807) is 24.3 Å². The maximum Gasteiger partial charge on any atom is 1.00 e. The minimum atomic E-state index is -4.96. The zero-order valence-corrected chi connectivity index (χ0v) is 35.1. The van der Waals surface area contributed by atoms with Crippen molar-refractivity contribution in [1.29, 1.82) is 0 Å². The quantitative estimate of drug-likeness (QED) is 0.0657. The van der Waals surface area contributed by atoms with Crippen LogP contribution < -0.4 is 5.32 Å². The van der Waals surface area contributed by atoms with Crippen LogP contribution in [0.15, 0.2) is 146 Å². The van der Waals surface area contributed by atoms with Crippen molar-refractivity contribution in [2.24, 2.45) is 0 Å². The van der Waals surface area contributed by atoms with E-state index in [0.29, 0.717) is 0 Å². The van der Waals surface area contributed by atoms with Gasteiger partial charge in [0.1, 0.15) is 23.0 Å². The Bertz CT molecular complexity index is 1870. The van der Waals surface area contributed by atoms with Crippen LogP contribution in [0.3, 0.4) is 0 Å². The molecule has 0 fully saturated rings. The van der Waals surface area contributed by atoms with Gasteiger partial charge in [0, 0.05) is 95.9 Å². The molecular formula is C42H36EuF12NO8+. The second kappa shape index (κ2) is 29.0. The third-order valence-corrected chi connectivity index (χ3v) is 6.47. The van der Waals surface area contributed by atoms with Crippen molar-refractivity contribution in [2.45, 2.75) is 24.7 Å². The van der Waals surface area contributed by atoms with Gasteiger partial charge in [0.05, 0.1) is 0 Å². The van der Waals surface area contributed by atoms with Crippen molar-refractivity contribution in [3.8, 4) is 0 Å². The fraction of sp³-hybridized carbons (Fsp3) is 0.143. The van der Waals surface area contributed by atoms with E-state index in [1.165, 1.54) is 97.1 Å². The van der Waals surface area contributed by atoms with Gasteiger partial charge >= 0.3 is 26.1 Å². The van der Waals surface area contributed by atoms with Gasteiger partial charge in [-0.2, -0.15) is 52.7 Å². The van der Waals surface area contributed by atoms with E-state index in [0.717, 1.165) is 0 Å². The predicted octanol–water partition coefficient (Wildman–Crippen LogP) is 10.8. The molecule has 0 aliphatic rings. The van der Waals surface area contributed by atoms with Gasteiger partial charge in [0.25, 0.3) is 23.1 Å². The SMILES string of the molecule is CNC.O=C(C=C(O)c1ccccc1)C(F)(F)F.O=C(C=C(O)c1ccccc1)C(F)(F)F.O=C(C=C(O)c1ccccc1)C(F)(F)F.O=C(C=C(O)c1ccccc1)C(F)(F)F.[Eu].[H+]. The molecule has 22 heteroatoms. The standard InChI is InChI=1S/4C10H7F3O2.C2H7N.Eu/c4*11-10(12,13)9(15)6-8(14)7-4-2-1-3-5-7;1-3-2;/h4*1-6,14H;3H,1-2H3;/p+1. The summed E-state index contributed by atoms with van der Waals surface area (Å²) in [6, 6.07) is 30.1. The first-order chi connectivity index (χ1) is 29.1. The Hall–Kier alpha value is -5.58. The number of aliphatic hydroxyl groups excluding tert-OH is 4. The van der Waals surface area contributed by atoms with Crippen LogP contribution in [0.25, 0.3) is 23.0 Å². The number of hydrogen-bond donors (Lipinski definition) is 5. The predicted molar refractivity (Wildman–Crippen MR) is 209 cm³/mol. The number of carbonyl (C=O) groups excluding carboxylic acids is 4. The summed E-state index contributed by atoms with van der Waals surface area (Å²) in [7, 11) is 3.75. The van der Waals surface area contributed by atoms with Crippen molar-refractivity contribution in [3.63, 3.8) is 0 Å². The summed E-state index contributed by atoms with van der Waals surface area (Å²) in [4.78, 5) is 41.9. The van der Waals surface area contributed by atoms with Gasteiger partial charge in [0.2, 0.25) is 0 Å². The van der Waals surface area contributed by atoms with Crippen LogP contribution >= 0.6 is 0 Å². The Morgan fingerprint density at radius 1 is 0.375 bits per heavy atom. The average Bonchev–Trinajstić information content (AvgIpc) is 3.21. The van der Waals surface area contributed by atoms with E-state index in [9.17, 15) is 92.3 Å². The Balaban J connectivity index is -0.000000764. The molecule has 0 amide bonds. The molecule has 64 heavy (non-hydrogen) atoms. The van der Waals surface area contributed by atoms with Gasteiger partial charge in [0.15, 0.2) is 0 Å². The Morgan fingerprint density at radius 3 is 0.609 bits per heavy atom. The van der Waals surface area contributed by atoms with Crippen LogP contribution in [-0.2, 0) is 19.2 Å². The number of hydrogen-bond acceptors (Lipinski definition) is 9. The molecule has 0 atom stereocenters. The maximum absolute atomic E-state index is 11.8. The van der Waals surface area contributed by atoms with Gasteiger partial charge < -0.3 is 25.7 Å². The molecule has 0 unspecified atom stereocenters. The van der Waals surface area contributed by atoms with Crippen LogP contribution in [0, 0.1) is 49.4 Å². The summed E-state index contributed by atoms with van der Waals surface area (Å²) in [6.45, 7) is 0. The van der Waals surface area contributed by atoms with Crippen molar-refractivity contribution in [3.05, 3.63) is 168 Å². The van der Waals surface area contributed by atoms with E-state index in [1.807, 2.05) is 14.1 Å². The zero-order valence-electron chi connectivity index (χ0n) is 33.7. The fourth-order valence-electron chi connectivity index (χ4n) is 3.59. The normalized spacial score (nSPS) is 12.1. The molecule has 0 aliphatic carbocycles. The van der Waals surface area contributed by atoms with Gasteiger partial charge in [-0.25, -0.2) is 0 Å². The van der Waals surface area contributed by atoms with Crippen LogP contribution in [0.5, 0.6) is 0 Å². The monoisotopic (exact) mass is 1060 g/mol. The molecule has 4 rings (SSSR count). The molecule has 0 aliphatic heterocycles. The number of halogens is 12. The Morgan fingerprint density at radius 2 is 0.500 bits per heavy atom. The molecule has 0 saturated heterocycles. The summed E-state index contributed by atoms with van der Waals surface area (Å²) >= 11 is 0. The van der Waals surface area contributed by atoms with Gasteiger partial charge in [-0.05, 0) is 14.1 Å². The van der Waals surface area contributed by atoms with Gasteiger partial charge in [-0.3, -0.25) is 19.2 Å². The van der Waals surface area contributed by atoms with Crippen molar-refractivity contribution >= 4 is 46.2 Å². The first-order valence-electron chi connectivity index (χ1n) is 16.9. The van der Waals surface area contributed by atoms with Crippen LogP contribution in [0.2, 0.25) is 0 Å². The summed E-state index contributed by atoms with van der Waals surface area (Å²) in [5.74, 6) is -11.1. The molecule has 4 aromatic rings. The Labute approximate surface area is 398 Å². The molecule has 9 nitrogen and oxygen atoms in total. The number of aliphatic hydroxyl groups is 4. The van der Waals surface area contributed by atoms with Gasteiger partial charge in [-0.15, -0.1) is 0 Å². The summed E-state index contributed by atoms with van der Waals surface area (Å²) in [6.07, 6.45) is -19.2.